The lowest BCUT2D eigenvalue weighted by Crippen LogP contribution is -2.09. The molecule has 0 fully saturated rings. The molecule has 6 nitrogen and oxygen atoms in total. The van der Waals surface area contributed by atoms with Gasteiger partial charge < -0.3 is 15.7 Å². The van der Waals surface area contributed by atoms with Gasteiger partial charge in [-0.2, -0.15) is 0 Å². The minimum absolute atomic E-state index is 0.0719. The molecule has 0 aromatic carbocycles. The van der Waals surface area contributed by atoms with E-state index >= 15 is 0 Å². The highest BCUT2D eigenvalue weighted by atomic mass is 19.1. The SMILES string of the molecule is O=C(O)c1cnc(NCCCCNc2ccccn2)c(F)c1. The first-order valence-electron chi connectivity index (χ1n) is 6.94. The molecule has 2 aromatic heterocycles. The second-order valence-electron chi connectivity index (χ2n) is 4.64. The van der Waals surface area contributed by atoms with Gasteiger partial charge in [-0.05, 0) is 31.0 Å². The number of pyridine rings is 2. The smallest absolute Gasteiger partial charge is 0.337 e. The summed E-state index contributed by atoms with van der Waals surface area (Å²) in [6.07, 6.45) is 4.57. The number of unbranched alkanes of at least 4 members (excludes halogenated alkanes) is 1. The largest absolute Gasteiger partial charge is 0.478 e. The maximum Gasteiger partial charge on any atom is 0.337 e. The van der Waals surface area contributed by atoms with Crippen LogP contribution in [0.5, 0.6) is 0 Å². The summed E-state index contributed by atoms with van der Waals surface area (Å²) in [5.74, 6) is -0.958. The number of carboxylic acids is 1. The second kappa shape index (κ2) is 7.92. The Morgan fingerprint density at radius 2 is 1.95 bits per heavy atom. The molecule has 0 saturated carbocycles. The van der Waals surface area contributed by atoms with E-state index in [4.69, 9.17) is 5.11 Å². The molecule has 2 rings (SSSR count). The average Bonchev–Trinajstić information content (AvgIpc) is 2.52. The standard InChI is InChI=1S/C15H17FN4O2/c16-12-9-11(15(21)22)10-20-14(12)19-8-4-3-7-18-13-5-1-2-6-17-13/h1-2,5-6,9-10H,3-4,7-8H2,(H,17,18)(H,19,20)(H,21,22). The van der Waals surface area contributed by atoms with Crippen LogP contribution in [0.4, 0.5) is 16.0 Å². The second-order valence-corrected chi connectivity index (χ2v) is 4.64. The Balaban J connectivity index is 1.67. The summed E-state index contributed by atoms with van der Waals surface area (Å²) in [5, 5.41) is 14.8. The van der Waals surface area contributed by atoms with Crippen molar-refractivity contribution in [3.05, 3.63) is 48.0 Å². The Labute approximate surface area is 127 Å². The third kappa shape index (κ3) is 4.69. The molecule has 2 heterocycles. The summed E-state index contributed by atoms with van der Waals surface area (Å²) in [4.78, 5) is 18.6. The molecule has 0 atom stereocenters. The van der Waals surface area contributed by atoms with Gasteiger partial charge in [0.1, 0.15) is 5.82 Å². The summed E-state index contributed by atoms with van der Waals surface area (Å²) >= 11 is 0. The number of aromatic nitrogens is 2. The van der Waals surface area contributed by atoms with E-state index in [0.29, 0.717) is 6.54 Å². The minimum Gasteiger partial charge on any atom is -0.478 e. The Bertz CT molecular complexity index is 622. The zero-order chi connectivity index (χ0) is 15.8. The zero-order valence-electron chi connectivity index (χ0n) is 11.9. The predicted octanol–water partition coefficient (Wildman–Crippen LogP) is 2.62. The number of nitrogens with one attached hydrogen (secondary N) is 2. The van der Waals surface area contributed by atoms with E-state index in [1.54, 1.807) is 6.20 Å². The Morgan fingerprint density at radius 3 is 2.59 bits per heavy atom. The van der Waals surface area contributed by atoms with Gasteiger partial charge in [0.15, 0.2) is 11.6 Å². The van der Waals surface area contributed by atoms with E-state index in [1.807, 2.05) is 18.2 Å². The van der Waals surface area contributed by atoms with Crippen LogP contribution in [-0.2, 0) is 0 Å². The van der Waals surface area contributed by atoms with Crippen LogP contribution in [0.15, 0.2) is 36.7 Å². The summed E-state index contributed by atoms with van der Waals surface area (Å²) in [6.45, 7) is 1.33. The summed E-state index contributed by atoms with van der Waals surface area (Å²) < 4.78 is 13.6. The number of nitrogens with zero attached hydrogens (tertiary/aromatic N) is 2. The molecular weight excluding hydrogens is 287 g/mol. The van der Waals surface area contributed by atoms with Gasteiger partial charge in [0.05, 0.1) is 5.56 Å². The number of carboxylic acid groups (broad SMARTS) is 1. The molecule has 116 valence electrons. The molecular formula is C15H17FN4O2. The third-order valence-corrected chi connectivity index (χ3v) is 2.96. The maximum atomic E-state index is 13.6. The molecule has 7 heteroatoms. The van der Waals surface area contributed by atoms with Crippen molar-refractivity contribution < 1.29 is 14.3 Å². The van der Waals surface area contributed by atoms with Crippen molar-refractivity contribution in [2.24, 2.45) is 0 Å². The van der Waals surface area contributed by atoms with Crippen LogP contribution in [0.2, 0.25) is 0 Å². The summed E-state index contributed by atoms with van der Waals surface area (Å²) in [5.41, 5.74) is -0.164. The average molecular weight is 304 g/mol. The quantitative estimate of drug-likeness (QED) is 0.650. The predicted molar refractivity (Wildman–Crippen MR) is 81.6 cm³/mol. The topological polar surface area (TPSA) is 87.1 Å². The van der Waals surface area contributed by atoms with Crippen molar-refractivity contribution in [1.82, 2.24) is 9.97 Å². The van der Waals surface area contributed by atoms with E-state index in [1.165, 1.54) is 0 Å². The lowest BCUT2D eigenvalue weighted by atomic mass is 10.2. The molecule has 0 bridgehead atoms. The fourth-order valence-corrected chi connectivity index (χ4v) is 1.83. The molecule has 0 amide bonds. The van der Waals surface area contributed by atoms with Crippen molar-refractivity contribution in [3.63, 3.8) is 0 Å². The molecule has 0 saturated heterocycles. The normalized spacial score (nSPS) is 10.2. The van der Waals surface area contributed by atoms with E-state index in [0.717, 1.165) is 37.5 Å². The lowest BCUT2D eigenvalue weighted by Gasteiger charge is -2.08. The van der Waals surface area contributed by atoms with Crippen LogP contribution in [0, 0.1) is 5.82 Å². The highest BCUT2D eigenvalue weighted by Gasteiger charge is 2.09. The van der Waals surface area contributed by atoms with Crippen LogP contribution in [-0.4, -0.2) is 34.1 Å². The molecule has 0 unspecified atom stereocenters. The highest BCUT2D eigenvalue weighted by molar-refractivity contribution is 5.87. The number of halogens is 1. The van der Waals surface area contributed by atoms with Crippen molar-refractivity contribution in [3.8, 4) is 0 Å². The molecule has 3 N–H and O–H groups in total. The molecule has 0 aliphatic rings. The highest BCUT2D eigenvalue weighted by Crippen LogP contribution is 2.12. The number of hydrogen-bond donors (Lipinski definition) is 3. The monoisotopic (exact) mass is 304 g/mol. The number of hydrogen-bond acceptors (Lipinski definition) is 5. The third-order valence-electron chi connectivity index (χ3n) is 2.96. The van der Waals surface area contributed by atoms with E-state index < -0.39 is 11.8 Å². The van der Waals surface area contributed by atoms with Crippen LogP contribution in [0.25, 0.3) is 0 Å². The van der Waals surface area contributed by atoms with Crippen molar-refractivity contribution in [2.45, 2.75) is 12.8 Å². The molecule has 0 aliphatic heterocycles. The first kappa shape index (κ1) is 15.7. The first-order chi connectivity index (χ1) is 10.7. The van der Waals surface area contributed by atoms with Gasteiger partial charge in [-0.25, -0.2) is 19.2 Å². The van der Waals surface area contributed by atoms with Crippen molar-refractivity contribution in [1.29, 1.82) is 0 Å². The maximum absolute atomic E-state index is 13.6. The molecule has 0 spiro atoms. The first-order valence-corrected chi connectivity index (χ1v) is 6.94. The number of aromatic carboxylic acids is 1. The van der Waals surface area contributed by atoms with Gasteiger partial charge in [-0.3, -0.25) is 0 Å². The Morgan fingerprint density at radius 1 is 1.18 bits per heavy atom. The fraction of sp³-hybridized carbons (Fsp3) is 0.267. The van der Waals surface area contributed by atoms with E-state index in [-0.39, 0.29) is 11.4 Å². The van der Waals surface area contributed by atoms with E-state index in [9.17, 15) is 9.18 Å². The molecule has 2 aromatic rings. The van der Waals surface area contributed by atoms with Gasteiger partial charge >= 0.3 is 5.97 Å². The Hall–Kier alpha value is -2.70. The molecule has 0 radical (unpaired) electrons. The number of rotatable bonds is 8. The van der Waals surface area contributed by atoms with E-state index in [2.05, 4.69) is 20.6 Å². The van der Waals surface area contributed by atoms with Gasteiger partial charge in [-0.1, -0.05) is 6.07 Å². The van der Waals surface area contributed by atoms with Crippen LogP contribution in [0.1, 0.15) is 23.2 Å². The number of anilines is 2. The molecule has 22 heavy (non-hydrogen) atoms. The van der Waals surface area contributed by atoms with Gasteiger partial charge in [-0.15, -0.1) is 0 Å². The summed E-state index contributed by atoms with van der Waals surface area (Å²) in [6, 6.07) is 6.61. The van der Waals surface area contributed by atoms with Crippen LogP contribution < -0.4 is 10.6 Å². The Kier molecular flexibility index (Phi) is 5.65. The van der Waals surface area contributed by atoms with Crippen molar-refractivity contribution >= 4 is 17.6 Å². The fourth-order valence-electron chi connectivity index (χ4n) is 1.83. The van der Waals surface area contributed by atoms with Crippen LogP contribution in [0.3, 0.4) is 0 Å². The van der Waals surface area contributed by atoms with Crippen molar-refractivity contribution in [2.75, 3.05) is 23.7 Å². The summed E-state index contributed by atoms with van der Waals surface area (Å²) in [7, 11) is 0. The lowest BCUT2D eigenvalue weighted by molar-refractivity contribution is 0.0696. The zero-order valence-corrected chi connectivity index (χ0v) is 11.9. The van der Waals surface area contributed by atoms with Gasteiger partial charge in [0.2, 0.25) is 0 Å². The van der Waals surface area contributed by atoms with Gasteiger partial charge in [0.25, 0.3) is 0 Å². The minimum atomic E-state index is -1.20. The van der Waals surface area contributed by atoms with Crippen LogP contribution >= 0.6 is 0 Å². The molecule has 0 aliphatic carbocycles. The van der Waals surface area contributed by atoms with Gasteiger partial charge in [0, 0.05) is 25.5 Å². The number of carbonyl (C=O) groups is 1.